The normalized spacial score (nSPS) is 16.2. The summed E-state index contributed by atoms with van der Waals surface area (Å²) in [6, 6.07) is 9.63. The minimum Gasteiger partial charge on any atom is -0.393 e. The Morgan fingerprint density at radius 1 is 1.17 bits per heavy atom. The van der Waals surface area contributed by atoms with Crippen LogP contribution in [0.3, 0.4) is 0 Å². The standard InChI is InChI=1S/C17H17ClN4O/c18-12-2-3-14-15(9-12)21-17(20-14)11-1-4-16(19-10-11)22-7-5-13(23)6-8-22/h1-4,9-10,13,23H,5-8H2,(H,20,21). The van der Waals surface area contributed by atoms with Crippen LogP contribution in [0.4, 0.5) is 5.82 Å². The first-order valence-electron chi connectivity index (χ1n) is 7.74. The van der Waals surface area contributed by atoms with E-state index in [2.05, 4.69) is 19.9 Å². The number of halogens is 1. The lowest BCUT2D eigenvalue weighted by molar-refractivity contribution is 0.145. The summed E-state index contributed by atoms with van der Waals surface area (Å²) in [5.41, 5.74) is 2.75. The molecule has 5 nitrogen and oxygen atoms in total. The van der Waals surface area contributed by atoms with Gasteiger partial charge in [-0.05, 0) is 43.2 Å². The van der Waals surface area contributed by atoms with Crippen LogP contribution in [0.15, 0.2) is 36.5 Å². The van der Waals surface area contributed by atoms with Crippen molar-refractivity contribution < 1.29 is 5.11 Å². The van der Waals surface area contributed by atoms with Crippen molar-refractivity contribution in [2.45, 2.75) is 18.9 Å². The second kappa shape index (κ2) is 5.83. The van der Waals surface area contributed by atoms with E-state index in [1.165, 1.54) is 0 Å². The van der Waals surface area contributed by atoms with Crippen molar-refractivity contribution >= 4 is 28.5 Å². The molecule has 0 bridgehead atoms. The summed E-state index contributed by atoms with van der Waals surface area (Å²) in [5.74, 6) is 1.73. The van der Waals surface area contributed by atoms with Crippen LogP contribution >= 0.6 is 11.6 Å². The molecule has 6 heteroatoms. The monoisotopic (exact) mass is 328 g/mol. The van der Waals surface area contributed by atoms with Gasteiger partial charge in [0.15, 0.2) is 0 Å². The van der Waals surface area contributed by atoms with E-state index in [1.807, 2.05) is 36.5 Å². The number of rotatable bonds is 2. The summed E-state index contributed by atoms with van der Waals surface area (Å²) >= 11 is 6.01. The van der Waals surface area contributed by atoms with Gasteiger partial charge in [0.25, 0.3) is 0 Å². The molecule has 1 saturated heterocycles. The van der Waals surface area contributed by atoms with Crippen molar-refractivity contribution in [2.75, 3.05) is 18.0 Å². The van der Waals surface area contributed by atoms with E-state index < -0.39 is 0 Å². The van der Waals surface area contributed by atoms with E-state index in [0.717, 1.165) is 54.2 Å². The number of aliphatic hydroxyl groups excluding tert-OH is 1. The number of anilines is 1. The zero-order valence-electron chi connectivity index (χ0n) is 12.5. The highest BCUT2D eigenvalue weighted by atomic mass is 35.5. The fourth-order valence-electron chi connectivity index (χ4n) is 2.93. The molecule has 0 spiro atoms. The van der Waals surface area contributed by atoms with Crippen LogP contribution in [0.2, 0.25) is 5.02 Å². The lowest BCUT2D eigenvalue weighted by atomic mass is 10.1. The second-order valence-corrected chi connectivity index (χ2v) is 6.31. The minimum absolute atomic E-state index is 0.173. The van der Waals surface area contributed by atoms with E-state index in [1.54, 1.807) is 0 Å². The number of H-pyrrole nitrogens is 1. The number of hydrogen-bond donors (Lipinski definition) is 2. The van der Waals surface area contributed by atoms with Crippen LogP contribution < -0.4 is 4.90 Å². The molecule has 0 atom stereocenters. The largest absolute Gasteiger partial charge is 0.393 e. The van der Waals surface area contributed by atoms with E-state index >= 15 is 0 Å². The van der Waals surface area contributed by atoms with Crippen LogP contribution in [0.1, 0.15) is 12.8 Å². The number of hydrogen-bond acceptors (Lipinski definition) is 4. The van der Waals surface area contributed by atoms with Gasteiger partial charge >= 0.3 is 0 Å². The SMILES string of the molecule is OC1CCN(c2ccc(-c3nc4ccc(Cl)cc4[nH]3)cn2)CC1. The van der Waals surface area contributed by atoms with Crippen LogP contribution in [0.5, 0.6) is 0 Å². The molecule has 1 fully saturated rings. The van der Waals surface area contributed by atoms with Gasteiger partial charge in [-0.2, -0.15) is 0 Å². The van der Waals surface area contributed by atoms with Gasteiger partial charge in [-0.3, -0.25) is 0 Å². The Labute approximate surface area is 138 Å². The predicted molar refractivity (Wildman–Crippen MR) is 91.8 cm³/mol. The first kappa shape index (κ1) is 14.5. The number of nitrogens with one attached hydrogen (secondary N) is 1. The molecule has 1 aliphatic rings. The number of pyridine rings is 1. The number of imidazole rings is 1. The number of aliphatic hydroxyl groups is 1. The molecular formula is C17H17ClN4O. The van der Waals surface area contributed by atoms with E-state index in [-0.39, 0.29) is 6.10 Å². The zero-order valence-corrected chi connectivity index (χ0v) is 13.3. The summed E-state index contributed by atoms with van der Waals surface area (Å²) in [5, 5.41) is 10.3. The highest BCUT2D eigenvalue weighted by Gasteiger charge is 2.18. The molecule has 0 saturated carbocycles. The van der Waals surface area contributed by atoms with Crippen LogP contribution in [0, 0.1) is 0 Å². The summed E-state index contributed by atoms with van der Waals surface area (Å²) in [7, 11) is 0. The molecule has 4 rings (SSSR count). The molecule has 3 heterocycles. The number of aromatic nitrogens is 3. The topological polar surface area (TPSA) is 65.0 Å². The second-order valence-electron chi connectivity index (χ2n) is 5.87. The van der Waals surface area contributed by atoms with Crippen LogP contribution in [-0.2, 0) is 0 Å². The van der Waals surface area contributed by atoms with Gasteiger partial charge in [0.05, 0.1) is 17.1 Å². The molecule has 2 N–H and O–H groups in total. The Morgan fingerprint density at radius 2 is 2.00 bits per heavy atom. The molecule has 118 valence electrons. The third kappa shape index (κ3) is 2.90. The Hall–Kier alpha value is -2.11. The van der Waals surface area contributed by atoms with Gasteiger partial charge in [0, 0.05) is 29.9 Å². The lowest BCUT2D eigenvalue weighted by Crippen LogP contribution is -2.36. The summed E-state index contributed by atoms with van der Waals surface area (Å²) in [6.07, 6.45) is 3.26. The smallest absolute Gasteiger partial charge is 0.140 e. The highest BCUT2D eigenvalue weighted by molar-refractivity contribution is 6.31. The maximum absolute atomic E-state index is 9.59. The average Bonchev–Trinajstić information content (AvgIpc) is 2.99. The first-order chi connectivity index (χ1) is 11.2. The predicted octanol–water partition coefficient (Wildman–Crippen LogP) is 3.24. The van der Waals surface area contributed by atoms with Crippen LogP contribution in [0.25, 0.3) is 22.4 Å². The van der Waals surface area contributed by atoms with Crippen molar-refractivity contribution in [3.05, 3.63) is 41.6 Å². The Balaban J connectivity index is 1.59. The number of piperidine rings is 1. The van der Waals surface area contributed by atoms with Gasteiger partial charge in [0.2, 0.25) is 0 Å². The molecule has 0 amide bonds. The highest BCUT2D eigenvalue weighted by Crippen LogP contribution is 2.24. The summed E-state index contributed by atoms with van der Waals surface area (Å²) in [6.45, 7) is 1.69. The van der Waals surface area contributed by atoms with E-state index in [4.69, 9.17) is 11.6 Å². The lowest BCUT2D eigenvalue weighted by Gasteiger charge is -2.30. The molecular weight excluding hydrogens is 312 g/mol. The quantitative estimate of drug-likeness (QED) is 0.758. The maximum Gasteiger partial charge on any atom is 0.140 e. The van der Waals surface area contributed by atoms with Crippen LogP contribution in [-0.4, -0.2) is 39.3 Å². The van der Waals surface area contributed by atoms with E-state index in [0.29, 0.717) is 5.02 Å². The first-order valence-corrected chi connectivity index (χ1v) is 8.11. The molecule has 1 aliphatic heterocycles. The zero-order chi connectivity index (χ0) is 15.8. The van der Waals surface area contributed by atoms with Gasteiger partial charge in [-0.1, -0.05) is 11.6 Å². The van der Waals surface area contributed by atoms with Gasteiger partial charge in [-0.15, -0.1) is 0 Å². The average molecular weight is 329 g/mol. The molecule has 23 heavy (non-hydrogen) atoms. The fraction of sp³-hybridized carbons (Fsp3) is 0.294. The molecule has 1 aromatic carbocycles. The number of benzene rings is 1. The molecule has 0 unspecified atom stereocenters. The van der Waals surface area contributed by atoms with Crippen molar-refractivity contribution in [2.24, 2.45) is 0 Å². The fourth-order valence-corrected chi connectivity index (χ4v) is 3.10. The molecule has 0 aliphatic carbocycles. The molecule has 2 aromatic heterocycles. The summed E-state index contributed by atoms with van der Waals surface area (Å²) < 4.78 is 0. The Kier molecular flexibility index (Phi) is 3.67. The number of fused-ring (bicyclic) bond motifs is 1. The Morgan fingerprint density at radius 3 is 2.74 bits per heavy atom. The van der Waals surface area contributed by atoms with Gasteiger partial charge < -0.3 is 15.0 Å². The van der Waals surface area contributed by atoms with Crippen molar-refractivity contribution in [3.63, 3.8) is 0 Å². The van der Waals surface area contributed by atoms with Crippen molar-refractivity contribution in [1.29, 1.82) is 0 Å². The third-order valence-electron chi connectivity index (χ3n) is 4.25. The van der Waals surface area contributed by atoms with Crippen molar-refractivity contribution in [1.82, 2.24) is 15.0 Å². The van der Waals surface area contributed by atoms with Gasteiger partial charge in [0.1, 0.15) is 11.6 Å². The van der Waals surface area contributed by atoms with Crippen molar-refractivity contribution in [3.8, 4) is 11.4 Å². The molecule has 3 aromatic rings. The number of aromatic amines is 1. The summed E-state index contributed by atoms with van der Waals surface area (Å²) in [4.78, 5) is 14.6. The third-order valence-corrected chi connectivity index (χ3v) is 4.49. The number of nitrogens with zero attached hydrogens (tertiary/aromatic N) is 3. The molecule has 0 radical (unpaired) electrons. The Bertz CT molecular complexity index is 822. The van der Waals surface area contributed by atoms with Gasteiger partial charge in [-0.25, -0.2) is 9.97 Å². The maximum atomic E-state index is 9.59. The van der Waals surface area contributed by atoms with E-state index in [9.17, 15) is 5.11 Å². The minimum atomic E-state index is -0.173.